The summed E-state index contributed by atoms with van der Waals surface area (Å²) in [5.41, 5.74) is 8.20. The van der Waals surface area contributed by atoms with Gasteiger partial charge in [-0.1, -0.05) is 0 Å². The second kappa shape index (κ2) is 9.26. The van der Waals surface area contributed by atoms with Gasteiger partial charge >= 0.3 is 0 Å². The Morgan fingerprint density at radius 2 is 2.23 bits per heavy atom. The Kier molecular flexibility index (Phi) is 6.77. The second-order valence-corrected chi connectivity index (χ2v) is 7.85. The number of nitrogens with one attached hydrogen (secondary N) is 1. The van der Waals surface area contributed by atoms with Crippen molar-refractivity contribution in [1.29, 1.82) is 0 Å². The fraction of sp³-hybridized carbons (Fsp3) is 0.500. The standard InChI is InChI=1S/C20H28N4OS/c1-15(4-5-19-18(20(21)25)3-2-9-22-19)24-10-6-17(7-11-24)23-13-16-8-12-26-14-16/h2-3,8-9,12,14-15,17,23H,4-7,10-11,13H2,1H3,(H2,21,25). The first kappa shape index (κ1) is 19.0. The number of aryl methyl sites for hydroxylation is 1. The third-order valence-corrected chi connectivity index (χ3v) is 6.01. The van der Waals surface area contributed by atoms with E-state index in [-0.39, 0.29) is 0 Å². The van der Waals surface area contributed by atoms with Crippen LogP contribution in [0.4, 0.5) is 0 Å². The zero-order chi connectivity index (χ0) is 18.4. The van der Waals surface area contributed by atoms with Crippen LogP contribution in [0.5, 0.6) is 0 Å². The van der Waals surface area contributed by atoms with Crippen LogP contribution in [-0.4, -0.2) is 41.0 Å². The van der Waals surface area contributed by atoms with E-state index in [4.69, 9.17) is 5.73 Å². The van der Waals surface area contributed by atoms with E-state index < -0.39 is 5.91 Å². The van der Waals surface area contributed by atoms with E-state index in [1.54, 1.807) is 29.7 Å². The topological polar surface area (TPSA) is 71.2 Å². The maximum absolute atomic E-state index is 11.5. The molecule has 6 heteroatoms. The normalized spacial score (nSPS) is 17.3. The van der Waals surface area contributed by atoms with Crippen molar-refractivity contribution in [2.24, 2.45) is 5.73 Å². The summed E-state index contributed by atoms with van der Waals surface area (Å²) >= 11 is 1.75. The molecule has 5 nitrogen and oxygen atoms in total. The Hall–Kier alpha value is -1.76. The maximum Gasteiger partial charge on any atom is 0.250 e. The summed E-state index contributed by atoms with van der Waals surface area (Å²) in [7, 11) is 0. The average Bonchev–Trinajstić information content (AvgIpc) is 3.18. The molecule has 3 N–H and O–H groups in total. The molecule has 2 aromatic rings. The number of hydrogen-bond donors (Lipinski definition) is 2. The van der Waals surface area contributed by atoms with Crippen molar-refractivity contribution in [3.05, 3.63) is 52.0 Å². The van der Waals surface area contributed by atoms with Crippen LogP contribution in [0.15, 0.2) is 35.2 Å². The van der Waals surface area contributed by atoms with Gasteiger partial charge in [0.2, 0.25) is 0 Å². The number of rotatable bonds is 8. The molecule has 1 saturated heterocycles. The van der Waals surface area contributed by atoms with E-state index in [1.165, 1.54) is 18.4 Å². The van der Waals surface area contributed by atoms with Crippen LogP contribution in [0.25, 0.3) is 0 Å². The lowest BCUT2D eigenvalue weighted by Crippen LogP contribution is -2.45. The maximum atomic E-state index is 11.5. The summed E-state index contributed by atoms with van der Waals surface area (Å²) < 4.78 is 0. The number of amides is 1. The molecular weight excluding hydrogens is 344 g/mol. The Labute approximate surface area is 159 Å². The number of pyridine rings is 1. The molecule has 0 saturated carbocycles. The highest BCUT2D eigenvalue weighted by molar-refractivity contribution is 7.07. The van der Waals surface area contributed by atoms with Gasteiger partial charge in [-0.05, 0) is 80.2 Å². The van der Waals surface area contributed by atoms with Gasteiger partial charge in [-0.2, -0.15) is 11.3 Å². The van der Waals surface area contributed by atoms with Crippen LogP contribution < -0.4 is 11.1 Å². The number of carbonyl (C=O) groups is 1. The predicted octanol–water partition coefficient (Wildman–Crippen LogP) is 2.82. The zero-order valence-electron chi connectivity index (χ0n) is 15.4. The van der Waals surface area contributed by atoms with Crippen molar-refractivity contribution in [2.45, 2.75) is 51.2 Å². The number of hydrogen-bond acceptors (Lipinski definition) is 5. The molecule has 140 valence electrons. The smallest absolute Gasteiger partial charge is 0.250 e. The van der Waals surface area contributed by atoms with Gasteiger partial charge in [0.1, 0.15) is 0 Å². The molecule has 3 rings (SSSR count). The number of piperidine rings is 1. The van der Waals surface area contributed by atoms with E-state index in [1.807, 2.05) is 0 Å². The highest BCUT2D eigenvalue weighted by Crippen LogP contribution is 2.18. The number of nitrogens with two attached hydrogens (primary N) is 1. The van der Waals surface area contributed by atoms with Gasteiger partial charge in [0.05, 0.1) is 11.3 Å². The number of aromatic nitrogens is 1. The molecule has 0 aromatic carbocycles. The molecule has 1 unspecified atom stereocenters. The highest BCUT2D eigenvalue weighted by Gasteiger charge is 2.22. The number of carbonyl (C=O) groups excluding carboxylic acids is 1. The highest BCUT2D eigenvalue weighted by atomic mass is 32.1. The van der Waals surface area contributed by atoms with Crippen molar-refractivity contribution in [2.75, 3.05) is 13.1 Å². The summed E-state index contributed by atoms with van der Waals surface area (Å²) in [6.45, 7) is 5.48. The third kappa shape index (κ3) is 5.13. The lowest BCUT2D eigenvalue weighted by Gasteiger charge is -2.36. The quantitative estimate of drug-likeness (QED) is 0.747. The first-order valence-electron chi connectivity index (χ1n) is 9.35. The van der Waals surface area contributed by atoms with Gasteiger partial charge in [-0.15, -0.1) is 0 Å². The molecule has 1 aliphatic rings. The van der Waals surface area contributed by atoms with Crippen LogP contribution in [0, 0.1) is 0 Å². The van der Waals surface area contributed by atoms with Crippen LogP contribution in [-0.2, 0) is 13.0 Å². The fourth-order valence-electron chi connectivity index (χ4n) is 3.59. The van der Waals surface area contributed by atoms with Gasteiger partial charge in [-0.3, -0.25) is 9.78 Å². The Bertz CT molecular complexity index is 696. The van der Waals surface area contributed by atoms with Gasteiger partial charge in [0.25, 0.3) is 5.91 Å². The Balaban J connectivity index is 1.42. The molecule has 1 fully saturated rings. The fourth-order valence-corrected chi connectivity index (χ4v) is 4.26. The van der Waals surface area contributed by atoms with E-state index in [0.717, 1.165) is 38.2 Å². The minimum Gasteiger partial charge on any atom is -0.366 e. The second-order valence-electron chi connectivity index (χ2n) is 7.07. The number of likely N-dealkylation sites (tertiary alicyclic amines) is 1. The van der Waals surface area contributed by atoms with Crippen LogP contribution >= 0.6 is 11.3 Å². The lowest BCUT2D eigenvalue weighted by molar-refractivity contribution is 0.0998. The SMILES string of the molecule is CC(CCc1ncccc1C(N)=O)N1CCC(NCc2ccsc2)CC1. The third-order valence-electron chi connectivity index (χ3n) is 5.28. The molecule has 2 aromatic heterocycles. The van der Waals surface area contributed by atoms with E-state index in [9.17, 15) is 4.79 Å². The molecule has 0 aliphatic carbocycles. The Morgan fingerprint density at radius 1 is 1.42 bits per heavy atom. The first-order valence-corrected chi connectivity index (χ1v) is 10.3. The summed E-state index contributed by atoms with van der Waals surface area (Å²) in [5.74, 6) is -0.390. The molecule has 0 bridgehead atoms. The molecule has 0 spiro atoms. The Morgan fingerprint density at radius 3 is 2.92 bits per heavy atom. The number of nitrogens with zero attached hydrogens (tertiary/aromatic N) is 2. The van der Waals surface area contributed by atoms with Crippen molar-refractivity contribution in [1.82, 2.24) is 15.2 Å². The zero-order valence-corrected chi connectivity index (χ0v) is 16.2. The summed E-state index contributed by atoms with van der Waals surface area (Å²) in [6.07, 6.45) is 5.88. The van der Waals surface area contributed by atoms with E-state index in [0.29, 0.717) is 17.6 Å². The predicted molar refractivity (Wildman–Crippen MR) is 106 cm³/mol. The minimum absolute atomic E-state index is 0.390. The van der Waals surface area contributed by atoms with Crippen molar-refractivity contribution in [3.8, 4) is 0 Å². The van der Waals surface area contributed by atoms with Crippen LogP contribution in [0.3, 0.4) is 0 Å². The molecular formula is C20H28N4OS. The molecule has 1 aliphatic heterocycles. The van der Waals surface area contributed by atoms with Gasteiger partial charge in [0.15, 0.2) is 0 Å². The lowest BCUT2D eigenvalue weighted by atomic mass is 10.00. The summed E-state index contributed by atoms with van der Waals surface area (Å²) in [6, 6.07) is 6.81. The van der Waals surface area contributed by atoms with E-state index in [2.05, 4.69) is 39.0 Å². The van der Waals surface area contributed by atoms with Gasteiger partial charge in [0, 0.05) is 24.8 Å². The largest absolute Gasteiger partial charge is 0.366 e. The average molecular weight is 373 g/mol. The van der Waals surface area contributed by atoms with Crippen molar-refractivity contribution >= 4 is 17.2 Å². The molecule has 0 radical (unpaired) electrons. The van der Waals surface area contributed by atoms with Gasteiger partial charge < -0.3 is 16.0 Å². The minimum atomic E-state index is -0.390. The van der Waals surface area contributed by atoms with E-state index >= 15 is 0 Å². The molecule has 1 atom stereocenters. The van der Waals surface area contributed by atoms with Crippen LogP contribution in [0.1, 0.15) is 47.8 Å². The van der Waals surface area contributed by atoms with Gasteiger partial charge in [-0.25, -0.2) is 0 Å². The summed E-state index contributed by atoms with van der Waals surface area (Å²) in [5, 5.41) is 8.02. The molecule has 26 heavy (non-hydrogen) atoms. The van der Waals surface area contributed by atoms with Crippen LogP contribution in [0.2, 0.25) is 0 Å². The van der Waals surface area contributed by atoms with Crippen molar-refractivity contribution in [3.63, 3.8) is 0 Å². The molecule has 3 heterocycles. The first-order chi connectivity index (χ1) is 12.6. The monoisotopic (exact) mass is 372 g/mol. The molecule has 1 amide bonds. The van der Waals surface area contributed by atoms with Crippen molar-refractivity contribution < 1.29 is 4.79 Å². The number of thiophene rings is 1. The number of primary amides is 1. The summed E-state index contributed by atoms with van der Waals surface area (Å²) in [4.78, 5) is 18.4.